The number of amides is 1. The van der Waals surface area contributed by atoms with Crippen LogP contribution in [0.15, 0.2) is 59.4 Å². The zero-order valence-electron chi connectivity index (χ0n) is 16.0. The van der Waals surface area contributed by atoms with Crippen LogP contribution in [0.5, 0.6) is 0 Å². The zero-order valence-corrected chi connectivity index (χ0v) is 16.0. The maximum Gasteiger partial charge on any atom is 0.275 e. The Morgan fingerprint density at radius 3 is 2.33 bits per heavy atom. The van der Waals surface area contributed by atoms with Gasteiger partial charge in [0.2, 0.25) is 5.91 Å². The van der Waals surface area contributed by atoms with Crippen LogP contribution in [-0.4, -0.2) is 15.7 Å². The van der Waals surface area contributed by atoms with E-state index in [-0.39, 0.29) is 24.1 Å². The second-order valence-electron chi connectivity index (χ2n) is 7.25. The van der Waals surface area contributed by atoms with E-state index < -0.39 is 0 Å². The molecular formula is C22H25N3O2. The van der Waals surface area contributed by atoms with Gasteiger partial charge in [-0.05, 0) is 30.9 Å². The Bertz CT molecular complexity index is 993. The van der Waals surface area contributed by atoms with Crippen molar-refractivity contribution in [3.05, 3.63) is 76.2 Å². The van der Waals surface area contributed by atoms with Gasteiger partial charge in [0.25, 0.3) is 5.56 Å². The number of carbonyl (C=O) groups excluding carboxylic acids is 1. The van der Waals surface area contributed by atoms with Gasteiger partial charge in [-0.2, -0.15) is 5.10 Å². The summed E-state index contributed by atoms with van der Waals surface area (Å²) in [5.74, 6) is 0.216. The van der Waals surface area contributed by atoms with E-state index in [0.29, 0.717) is 11.3 Å². The van der Waals surface area contributed by atoms with Crippen LogP contribution in [0.1, 0.15) is 37.6 Å². The molecule has 1 N–H and O–H groups in total. The largest absolute Gasteiger partial charge is 0.348 e. The maximum atomic E-state index is 12.7. The Hall–Kier alpha value is -2.95. The molecule has 1 unspecified atom stereocenters. The zero-order chi connectivity index (χ0) is 19.4. The smallest absolute Gasteiger partial charge is 0.275 e. The first-order valence-electron chi connectivity index (χ1n) is 9.26. The number of carbonyl (C=O) groups is 1. The van der Waals surface area contributed by atoms with Crippen LogP contribution in [0.4, 0.5) is 0 Å². The molecule has 0 bridgehead atoms. The number of rotatable bonds is 6. The van der Waals surface area contributed by atoms with Crippen molar-refractivity contribution < 1.29 is 4.79 Å². The Morgan fingerprint density at radius 1 is 1.04 bits per heavy atom. The molecule has 0 aliphatic rings. The quantitative estimate of drug-likeness (QED) is 0.728. The number of nitrogens with one attached hydrogen (secondary N) is 1. The summed E-state index contributed by atoms with van der Waals surface area (Å²) < 4.78 is 1.25. The van der Waals surface area contributed by atoms with Gasteiger partial charge in [-0.15, -0.1) is 0 Å². The van der Waals surface area contributed by atoms with Crippen molar-refractivity contribution in [1.82, 2.24) is 15.1 Å². The van der Waals surface area contributed by atoms with E-state index in [2.05, 4.69) is 24.3 Å². The summed E-state index contributed by atoms with van der Waals surface area (Å²) in [4.78, 5) is 25.3. The van der Waals surface area contributed by atoms with Gasteiger partial charge in [0, 0.05) is 5.39 Å². The summed E-state index contributed by atoms with van der Waals surface area (Å²) in [6.45, 7) is 6.01. The lowest BCUT2D eigenvalue weighted by atomic mass is 9.97. The molecule has 2 aromatic carbocycles. The third-order valence-electron chi connectivity index (χ3n) is 4.59. The van der Waals surface area contributed by atoms with Gasteiger partial charge >= 0.3 is 0 Å². The first-order valence-corrected chi connectivity index (χ1v) is 9.26. The fraction of sp³-hybridized carbons (Fsp3) is 0.318. The molecule has 0 fully saturated rings. The fourth-order valence-corrected chi connectivity index (χ4v) is 3.32. The van der Waals surface area contributed by atoms with Crippen molar-refractivity contribution >= 4 is 16.7 Å². The van der Waals surface area contributed by atoms with E-state index in [1.807, 2.05) is 55.5 Å². The molecule has 0 saturated carbocycles. The number of aromatic nitrogens is 2. The average molecular weight is 363 g/mol. The summed E-state index contributed by atoms with van der Waals surface area (Å²) in [5.41, 5.74) is 1.56. The second kappa shape index (κ2) is 8.16. The highest BCUT2D eigenvalue weighted by Crippen LogP contribution is 2.21. The minimum absolute atomic E-state index is 0.0871. The normalized spacial score (nSPS) is 12.3. The lowest BCUT2D eigenvalue weighted by Crippen LogP contribution is -2.36. The van der Waals surface area contributed by atoms with E-state index in [4.69, 9.17) is 0 Å². The van der Waals surface area contributed by atoms with Crippen molar-refractivity contribution in [3.63, 3.8) is 0 Å². The lowest BCUT2D eigenvalue weighted by molar-refractivity contribution is -0.122. The Labute approximate surface area is 159 Å². The number of benzene rings is 2. The SMILES string of the molecule is Cc1nn(CC(=O)NC(CC(C)C)c2ccccc2)c(=O)c2ccccc12. The molecule has 27 heavy (non-hydrogen) atoms. The standard InChI is InChI=1S/C22H25N3O2/c1-15(2)13-20(17-9-5-4-6-10-17)23-21(26)14-25-22(27)19-12-8-7-11-18(19)16(3)24-25/h4-12,15,20H,13-14H2,1-3H3,(H,23,26). The van der Waals surface area contributed by atoms with Gasteiger partial charge < -0.3 is 5.32 Å². The van der Waals surface area contributed by atoms with Crippen LogP contribution in [0.3, 0.4) is 0 Å². The molecule has 0 saturated heterocycles. The third-order valence-corrected chi connectivity index (χ3v) is 4.59. The number of aryl methyl sites for hydroxylation is 1. The van der Waals surface area contributed by atoms with E-state index in [1.54, 1.807) is 6.07 Å². The molecule has 1 atom stereocenters. The summed E-state index contributed by atoms with van der Waals surface area (Å²) in [6.07, 6.45) is 0.828. The molecule has 5 nitrogen and oxygen atoms in total. The van der Waals surface area contributed by atoms with Crippen molar-refractivity contribution in [2.75, 3.05) is 0 Å². The van der Waals surface area contributed by atoms with Crippen LogP contribution in [0, 0.1) is 12.8 Å². The summed E-state index contributed by atoms with van der Waals surface area (Å²) in [7, 11) is 0. The van der Waals surface area contributed by atoms with E-state index in [1.165, 1.54) is 4.68 Å². The van der Waals surface area contributed by atoms with Gasteiger partial charge in [-0.25, -0.2) is 4.68 Å². The lowest BCUT2D eigenvalue weighted by Gasteiger charge is -2.21. The van der Waals surface area contributed by atoms with Crippen molar-refractivity contribution in [1.29, 1.82) is 0 Å². The van der Waals surface area contributed by atoms with Crippen LogP contribution in [-0.2, 0) is 11.3 Å². The number of fused-ring (bicyclic) bond motifs is 1. The van der Waals surface area contributed by atoms with Gasteiger partial charge in [-0.3, -0.25) is 9.59 Å². The van der Waals surface area contributed by atoms with Gasteiger partial charge in [-0.1, -0.05) is 62.4 Å². The first-order chi connectivity index (χ1) is 13.0. The van der Waals surface area contributed by atoms with Crippen LogP contribution in [0.2, 0.25) is 0 Å². The van der Waals surface area contributed by atoms with Gasteiger partial charge in [0.05, 0.1) is 17.1 Å². The number of hydrogen-bond donors (Lipinski definition) is 1. The van der Waals surface area contributed by atoms with Crippen LogP contribution >= 0.6 is 0 Å². The van der Waals surface area contributed by atoms with Gasteiger partial charge in [0.15, 0.2) is 0 Å². The molecule has 0 aliphatic heterocycles. The topological polar surface area (TPSA) is 64.0 Å². The Kier molecular flexibility index (Phi) is 5.69. The van der Waals surface area contributed by atoms with Gasteiger partial charge in [0.1, 0.15) is 6.54 Å². The minimum atomic E-state index is -0.244. The van der Waals surface area contributed by atoms with Crippen molar-refractivity contribution in [2.24, 2.45) is 5.92 Å². The molecule has 1 aromatic heterocycles. The second-order valence-corrected chi connectivity index (χ2v) is 7.25. The molecular weight excluding hydrogens is 338 g/mol. The highest BCUT2D eigenvalue weighted by atomic mass is 16.2. The average Bonchev–Trinajstić information content (AvgIpc) is 2.66. The molecule has 0 spiro atoms. The Morgan fingerprint density at radius 2 is 1.67 bits per heavy atom. The molecule has 1 amide bonds. The maximum absolute atomic E-state index is 12.7. The first kappa shape index (κ1) is 18.8. The minimum Gasteiger partial charge on any atom is -0.348 e. The van der Waals surface area contributed by atoms with Crippen LogP contribution < -0.4 is 10.9 Å². The molecule has 1 heterocycles. The predicted octanol–water partition coefficient (Wildman–Crippen LogP) is 3.61. The van der Waals surface area contributed by atoms with E-state index in [0.717, 1.165) is 23.1 Å². The molecule has 3 aromatic rings. The summed E-state index contributed by atoms with van der Waals surface area (Å²) >= 11 is 0. The number of hydrogen-bond acceptors (Lipinski definition) is 3. The highest BCUT2D eigenvalue weighted by Gasteiger charge is 2.17. The molecule has 0 aliphatic carbocycles. The Balaban J connectivity index is 1.83. The molecule has 140 valence electrons. The van der Waals surface area contributed by atoms with Crippen molar-refractivity contribution in [3.8, 4) is 0 Å². The highest BCUT2D eigenvalue weighted by molar-refractivity contribution is 5.83. The molecule has 5 heteroatoms. The molecule has 3 rings (SSSR count). The monoisotopic (exact) mass is 363 g/mol. The van der Waals surface area contributed by atoms with E-state index >= 15 is 0 Å². The molecule has 0 radical (unpaired) electrons. The number of nitrogens with zero attached hydrogens (tertiary/aromatic N) is 2. The predicted molar refractivity (Wildman–Crippen MR) is 108 cm³/mol. The third kappa shape index (κ3) is 4.42. The summed E-state index contributed by atoms with van der Waals surface area (Å²) in [6, 6.07) is 17.2. The van der Waals surface area contributed by atoms with Crippen LogP contribution in [0.25, 0.3) is 10.8 Å². The van der Waals surface area contributed by atoms with Crippen molar-refractivity contribution in [2.45, 2.75) is 39.8 Å². The summed E-state index contributed by atoms with van der Waals surface area (Å²) in [5, 5.41) is 8.80. The van der Waals surface area contributed by atoms with E-state index in [9.17, 15) is 9.59 Å². The fourth-order valence-electron chi connectivity index (χ4n) is 3.32.